The Bertz CT molecular complexity index is 300. The van der Waals surface area contributed by atoms with Crippen LogP contribution in [0.15, 0.2) is 18.5 Å². The number of aromatic nitrogens is 1. The van der Waals surface area contributed by atoms with Crippen molar-refractivity contribution in [2.24, 2.45) is 0 Å². The highest BCUT2D eigenvalue weighted by Crippen LogP contribution is 2.22. The van der Waals surface area contributed by atoms with E-state index in [0.717, 1.165) is 24.3 Å². The van der Waals surface area contributed by atoms with E-state index in [9.17, 15) is 5.11 Å². The van der Waals surface area contributed by atoms with Crippen LogP contribution in [0.2, 0.25) is 0 Å². The molecule has 0 spiro atoms. The van der Waals surface area contributed by atoms with Crippen molar-refractivity contribution < 1.29 is 5.11 Å². The molecule has 0 amide bonds. The summed E-state index contributed by atoms with van der Waals surface area (Å²) in [4.78, 5) is 6.34. The summed E-state index contributed by atoms with van der Waals surface area (Å²) in [7, 11) is 0. The predicted octanol–water partition coefficient (Wildman–Crippen LogP) is 1.13. The molecule has 0 bridgehead atoms. The predicted molar refractivity (Wildman–Crippen MR) is 59.7 cm³/mol. The molecule has 3 nitrogen and oxygen atoms in total. The first-order valence-electron chi connectivity index (χ1n) is 4.78. The normalized spacial score (nSPS) is 17.1. The van der Waals surface area contributed by atoms with Crippen LogP contribution < -0.4 is 4.90 Å². The monoisotopic (exact) mass is 210 g/mol. The van der Waals surface area contributed by atoms with Crippen LogP contribution in [0.3, 0.4) is 0 Å². The molecule has 1 saturated heterocycles. The zero-order valence-electron chi connectivity index (χ0n) is 8.02. The van der Waals surface area contributed by atoms with Crippen molar-refractivity contribution in [3.63, 3.8) is 0 Å². The summed E-state index contributed by atoms with van der Waals surface area (Å²) >= 11 is 1.99. The van der Waals surface area contributed by atoms with Gasteiger partial charge in [-0.15, -0.1) is 0 Å². The molecule has 1 N–H and O–H groups in total. The van der Waals surface area contributed by atoms with E-state index in [1.807, 2.05) is 17.8 Å². The van der Waals surface area contributed by atoms with E-state index in [1.165, 1.54) is 11.5 Å². The molecule has 0 aliphatic carbocycles. The maximum absolute atomic E-state index is 9.18. The van der Waals surface area contributed by atoms with Crippen molar-refractivity contribution in [2.45, 2.75) is 6.61 Å². The Kier molecular flexibility index (Phi) is 3.26. The summed E-state index contributed by atoms with van der Waals surface area (Å²) < 4.78 is 0. The van der Waals surface area contributed by atoms with Crippen molar-refractivity contribution in [3.8, 4) is 0 Å². The molecular formula is C10H14N2OS. The lowest BCUT2D eigenvalue weighted by molar-refractivity contribution is 0.281. The van der Waals surface area contributed by atoms with E-state index >= 15 is 0 Å². The number of hydrogen-bond donors (Lipinski definition) is 1. The second-order valence-corrected chi connectivity index (χ2v) is 4.49. The molecule has 0 aromatic carbocycles. The highest BCUT2D eigenvalue weighted by atomic mass is 32.2. The number of aliphatic hydroxyl groups is 1. The Balaban J connectivity index is 2.20. The maximum atomic E-state index is 9.18. The van der Waals surface area contributed by atoms with Crippen LogP contribution in [-0.4, -0.2) is 34.7 Å². The van der Waals surface area contributed by atoms with Crippen molar-refractivity contribution in [3.05, 3.63) is 24.0 Å². The van der Waals surface area contributed by atoms with Crippen molar-refractivity contribution in [1.82, 2.24) is 4.98 Å². The van der Waals surface area contributed by atoms with Gasteiger partial charge in [0.1, 0.15) is 0 Å². The van der Waals surface area contributed by atoms with E-state index in [0.29, 0.717) is 0 Å². The van der Waals surface area contributed by atoms with Crippen LogP contribution in [0.25, 0.3) is 0 Å². The highest BCUT2D eigenvalue weighted by molar-refractivity contribution is 7.99. The molecule has 0 saturated carbocycles. The average Bonchev–Trinajstić information content (AvgIpc) is 2.30. The quantitative estimate of drug-likeness (QED) is 0.794. The van der Waals surface area contributed by atoms with E-state index in [2.05, 4.69) is 9.88 Å². The lowest BCUT2D eigenvalue weighted by Crippen LogP contribution is -2.33. The topological polar surface area (TPSA) is 36.4 Å². The summed E-state index contributed by atoms with van der Waals surface area (Å²) in [6, 6.07) is 1.99. The van der Waals surface area contributed by atoms with Crippen LogP contribution in [0, 0.1) is 0 Å². The fourth-order valence-electron chi connectivity index (χ4n) is 1.65. The molecule has 2 rings (SSSR count). The number of aliphatic hydroxyl groups excluding tert-OH is 1. The molecule has 1 aliphatic rings. The molecular weight excluding hydrogens is 196 g/mol. The van der Waals surface area contributed by atoms with Crippen LogP contribution in [0.4, 0.5) is 5.69 Å². The molecule has 4 heteroatoms. The maximum Gasteiger partial charge on any atom is 0.0717 e. The standard InChI is InChI=1S/C10H14N2OS/c13-8-9-7-11-2-1-10(9)12-3-5-14-6-4-12/h1-2,7,13H,3-6,8H2. The second-order valence-electron chi connectivity index (χ2n) is 3.26. The van der Waals surface area contributed by atoms with Gasteiger partial charge in [-0.1, -0.05) is 0 Å². The molecule has 1 aromatic heterocycles. The van der Waals surface area contributed by atoms with Gasteiger partial charge in [0.15, 0.2) is 0 Å². The molecule has 2 heterocycles. The summed E-state index contributed by atoms with van der Waals surface area (Å²) in [6.45, 7) is 2.22. The number of pyridine rings is 1. The zero-order valence-corrected chi connectivity index (χ0v) is 8.83. The van der Waals surface area contributed by atoms with Gasteiger partial charge in [-0.05, 0) is 6.07 Å². The molecule has 0 unspecified atom stereocenters. The summed E-state index contributed by atoms with van der Waals surface area (Å²) in [6.07, 6.45) is 3.54. The summed E-state index contributed by atoms with van der Waals surface area (Å²) in [5, 5.41) is 9.18. The number of thioether (sulfide) groups is 1. The number of anilines is 1. The van der Waals surface area contributed by atoms with E-state index < -0.39 is 0 Å². The average molecular weight is 210 g/mol. The summed E-state index contributed by atoms with van der Waals surface area (Å²) in [5.74, 6) is 2.35. The van der Waals surface area contributed by atoms with Gasteiger partial charge in [-0.3, -0.25) is 4.98 Å². The van der Waals surface area contributed by atoms with Gasteiger partial charge in [-0.25, -0.2) is 0 Å². The third-order valence-corrected chi connectivity index (χ3v) is 3.34. The molecule has 14 heavy (non-hydrogen) atoms. The molecule has 76 valence electrons. The Morgan fingerprint density at radius 1 is 1.43 bits per heavy atom. The van der Waals surface area contributed by atoms with Gasteiger partial charge in [0.25, 0.3) is 0 Å². The fourth-order valence-corrected chi connectivity index (χ4v) is 2.56. The minimum Gasteiger partial charge on any atom is -0.392 e. The Hall–Kier alpha value is -0.740. The van der Waals surface area contributed by atoms with Gasteiger partial charge >= 0.3 is 0 Å². The Morgan fingerprint density at radius 3 is 2.93 bits per heavy atom. The largest absolute Gasteiger partial charge is 0.392 e. The lowest BCUT2D eigenvalue weighted by Gasteiger charge is -2.29. The van der Waals surface area contributed by atoms with Crippen molar-refractivity contribution >= 4 is 17.4 Å². The van der Waals surface area contributed by atoms with Gasteiger partial charge in [0.05, 0.1) is 6.61 Å². The van der Waals surface area contributed by atoms with Crippen LogP contribution in [-0.2, 0) is 6.61 Å². The van der Waals surface area contributed by atoms with Crippen molar-refractivity contribution in [2.75, 3.05) is 29.5 Å². The van der Waals surface area contributed by atoms with E-state index in [1.54, 1.807) is 12.4 Å². The SMILES string of the molecule is OCc1cnccc1N1CCSCC1. The first kappa shape index (κ1) is 9.80. The molecule has 0 atom stereocenters. The summed E-state index contributed by atoms with van der Waals surface area (Å²) in [5.41, 5.74) is 2.07. The second kappa shape index (κ2) is 4.66. The Morgan fingerprint density at radius 2 is 2.21 bits per heavy atom. The van der Waals surface area contributed by atoms with Crippen LogP contribution in [0.1, 0.15) is 5.56 Å². The zero-order chi connectivity index (χ0) is 9.80. The molecule has 1 fully saturated rings. The molecule has 0 radical (unpaired) electrons. The van der Waals surface area contributed by atoms with Gasteiger partial charge in [-0.2, -0.15) is 11.8 Å². The number of hydrogen-bond acceptors (Lipinski definition) is 4. The van der Waals surface area contributed by atoms with E-state index in [-0.39, 0.29) is 6.61 Å². The van der Waals surface area contributed by atoms with Crippen molar-refractivity contribution in [1.29, 1.82) is 0 Å². The first-order valence-corrected chi connectivity index (χ1v) is 5.93. The minimum atomic E-state index is 0.0762. The molecule has 1 aromatic rings. The molecule has 1 aliphatic heterocycles. The van der Waals surface area contributed by atoms with Crippen LogP contribution >= 0.6 is 11.8 Å². The third-order valence-electron chi connectivity index (χ3n) is 2.40. The fraction of sp³-hybridized carbons (Fsp3) is 0.500. The first-order chi connectivity index (χ1) is 6.92. The van der Waals surface area contributed by atoms with Gasteiger partial charge in [0.2, 0.25) is 0 Å². The van der Waals surface area contributed by atoms with E-state index in [4.69, 9.17) is 0 Å². The minimum absolute atomic E-state index is 0.0762. The number of rotatable bonds is 2. The Labute approximate surface area is 88.1 Å². The van der Waals surface area contributed by atoms with Crippen LogP contribution in [0.5, 0.6) is 0 Å². The lowest BCUT2D eigenvalue weighted by atomic mass is 10.2. The highest BCUT2D eigenvalue weighted by Gasteiger charge is 2.13. The third kappa shape index (κ3) is 2.01. The smallest absolute Gasteiger partial charge is 0.0717 e. The van der Waals surface area contributed by atoms with Gasteiger partial charge in [0, 0.05) is 48.2 Å². The number of nitrogens with zero attached hydrogens (tertiary/aromatic N) is 2. The van der Waals surface area contributed by atoms with Gasteiger partial charge < -0.3 is 10.0 Å².